The van der Waals surface area contributed by atoms with Gasteiger partial charge in [0.2, 0.25) is 5.91 Å². The largest absolute Gasteiger partial charge is 0.497 e. The van der Waals surface area contributed by atoms with Crippen LogP contribution in [0, 0.1) is 5.82 Å². The van der Waals surface area contributed by atoms with Crippen LogP contribution in [0.3, 0.4) is 0 Å². The molecule has 0 saturated heterocycles. The molecule has 5 rings (SSSR count). The normalized spacial score (nSPS) is 10.9. The third-order valence-electron chi connectivity index (χ3n) is 5.89. The summed E-state index contributed by atoms with van der Waals surface area (Å²) in [7, 11) is 1.60. The second-order valence-corrected chi connectivity index (χ2v) is 8.42. The Hall–Kier alpha value is -4.72. The first kappa shape index (κ1) is 24.0. The van der Waals surface area contributed by atoms with E-state index < -0.39 is 0 Å². The summed E-state index contributed by atoms with van der Waals surface area (Å²) in [5, 5.41) is 3.77. The number of halogens is 1. The van der Waals surface area contributed by atoms with E-state index in [2.05, 4.69) is 5.32 Å². The molecule has 37 heavy (non-hydrogen) atoms. The molecule has 7 nitrogen and oxygen atoms in total. The van der Waals surface area contributed by atoms with Crippen molar-refractivity contribution in [2.24, 2.45) is 0 Å². The molecule has 0 fully saturated rings. The SMILES string of the molecule is COc1ccc(NC(=O)CCN(Cc2ccco2)c2nc(-c3ccc(F)cc3)nc3ccccc23)cc1. The van der Waals surface area contributed by atoms with E-state index in [9.17, 15) is 9.18 Å². The zero-order valence-electron chi connectivity index (χ0n) is 20.2. The molecule has 186 valence electrons. The quantitative estimate of drug-likeness (QED) is 0.267. The van der Waals surface area contributed by atoms with Crippen LogP contribution in [0.5, 0.6) is 5.75 Å². The molecule has 8 heteroatoms. The van der Waals surface area contributed by atoms with E-state index in [-0.39, 0.29) is 18.1 Å². The van der Waals surface area contributed by atoms with Crippen LogP contribution in [0.4, 0.5) is 15.9 Å². The molecule has 0 bridgehead atoms. The summed E-state index contributed by atoms with van der Waals surface area (Å²) in [5.41, 5.74) is 2.14. The number of aromatic nitrogens is 2. The summed E-state index contributed by atoms with van der Waals surface area (Å²) in [5.74, 6) is 2.13. The fourth-order valence-corrected chi connectivity index (χ4v) is 4.01. The van der Waals surface area contributed by atoms with Crippen molar-refractivity contribution in [2.75, 3.05) is 23.9 Å². The third-order valence-corrected chi connectivity index (χ3v) is 5.89. The number of fused-ring (bicyclic) bond motifs is 1. The predicted molar refractivity (Wildman–Crippen MR) is 141 cm³/mol. The zero-order chi connectivity index (χ0) is 25.6. The van der Waals surface area contributed by atoms with Gasteiger partial charge in [0.15, 0.2) is 5.82 Å². The number of nitrogens with zero attached hydrogens (tertiary/aromatic N) is 3. The lowest BCUT2D eigenvalue weighted by atomic mass is 10.1. The van der Waals surface area contributed by atoms with Crippen molar-refractivity contribution in [3.05, 3.63) is 103 Å². The highest BCUT2D eigenvalue weighted by atomic mass is 19.1. The van der Waals surface area contributed by atoms with Gasteiger partial charge in [-0.15, -0.1) is 0 Å². The molecule has 2 aromatic heterocycles. The Morgan fingerprint density at radius 1 is 0.973 bits per heavy atom. The van der Waals surface area contributed by atoms with Gasteiger partial charge in [-0.3, -0.25) is 4.79 Å². The summed E-state index contributed by atoms with van der Waals surface area (Å²) < 4.78 is 24.3. The minimum atomic E-state index is -0.327. The second kappa shape index (κ2) is 10.9. The minimum absolute atomic E-state index is 0.133. The predicted octanol–water partition coefficient (Wildman–Crippen LogP) is 6.07. The monoisotopic (exact) mass is 496 g/mol. The number of methoxy groups -OCH3 is 1. The standard InChI is InChI=1S/C29H25FN4O3/c1-36-23-14-12-22(13-15-23)31-27(35)16-17-34(19-24-5-4-18-37-24)29-25-6-2-3-7-26(25)32-28(33-29)20-8-10-21(30)11-9-20/h2-15,18H,16-17,19H2,1H3,(H,31,35). The van der Waals surface area contributed by atoms with Gasteiger partial charge < -0.3 is 19.4 Å². The number of furan rings is 1. The van der Waals surface area contributed by atoms with Gasteiger partial charge in [0.05, 0.1) is 25.4 Å². The number of para-hydroxylation sites is 1. The molecule has 2 heterocycles. The number of hydrogen-bond acceptors (Lipinski definition) is 6. The minimum Gasteiger partial charge on any atom is -0.497 e. The molecule has 0 unspecified atom stereocenters. The van der Waals surface area contributed by atoms with Crippen molar-refractivity contribution in [3.63, 3.8) is 0 Å². The third kappa shape index (κ3) is 5.75. The Kier molecular flexibility index (Phi) is 7.07. The lowest BCUT2D eigenvalue weighted by Crippen LogP contribution is -2.28. The first-order chi connectivity index (χ1) is 18.1. The Bertz CT molecular complexity index is 1490. The van der Waals surface area contributed by atoms with Crippen molar-refractivity contribution in [1.29, 1.82) is 0 Å². The first-order valence-electron chi connectivity index (χ1n) is 11.8. The lowest BCUT2D eigenvalue weighted by Gasteiger charge is -2.24. The van der Waals surface area contributed by atoms with Crippen molar-refractivity contribution in [1.82, 2.24) is 9.97 Å². The summed E-state index contributed by atoms with van der Waals surface area (Å²) in [6.45, 7) is 0.791. The number of carbonyl (C=O) groups excluding carboxylic acids is 1. The zero-order valence-corrected chi connectivity index (χ0v) is 20.2. The molecule has 1 N–H and O–H groups in total. The van der Waals surface area contributed by atoms with Crippen LogP contribution in [-0.2, 0) is 11.3 Å². The molecule has 3 aromatic carbocycles. The van der Waals surface area contributed by atoms with Gasteiger partial charge in [0.25, 0.3) is 0 Å². The molecule has 0 aliphatic heterocycles. The Morgan fingerprint density at radius 3 is 2.49 bits per heavy atom. The second-order valence-electron chi connectivity index (χ2n) is 8.42. The smallest absolute Gasteiger partial charge is 0.226 e. The maximum atomic E-state index is 13.5. The van der Waals surface area contributed by atoms with E-state index in [0.717, 1.165) is 22.4 Å². The van der Waals surface area contributed by atoms with Crippen LogP contribution >= 0.6 is 0 Å². The molecule has 0 aliphatic rings. The average Bonchev–Trinajstić information content (AvgIpc) is 3.44. The van der Waals surface area contributed by atoms with Gasteiger partial charge in [-0.25, -0.2) is 14.4 Å². The Morgan fingerprint density at radius 2 is 1.76 bits per heavy atom. The van der Waals surface area contributed by atoms with E-state index in [1.165, 1.54) is 12.1 Å². The van der Waals surface area contributed by atoms with Gasteiger partial charge in [0, 0.05) is 29.6 Å². The van der Waals surface area contributed by atoms with Crippen molar-refractivity contribution in [2.45, 2.75) is 13.0 Å². The summed E-state index contributed by atoms with van der Waals surface area (Å²) in [6.07, 6.45) is 1.84. The van der Waals surface area contributed by atoms with E-state index in [1.807, 2.05) is 41.3 Å². The van der Waals surface area contributed by atoms with Crippen LogP contribution in [0.25, 0.3) is 22.3 Å². The molecule has 0 saturated carbocycles. The number of carbonyl (C=O) groups is 1. The van der Waals surface area contributed by atoms with E-state index in [1.54, 1.807) is 49.8 Å². The number of benzene rings is 3. The highest BCUT2D eigenvalue weighted by molar-refractivity contribution is 5.93. The van der Waals surface area contributed by atoms with E-state index in [4.69, 9.17) is 19.1 Å². The average molecular weight is 497 g/mol. The van der Waals surface area contributed by atoms with Crippen molar-refractivity contribution >= 4 is 28.3 Å². The van der Waals surface area contributed by atoms with Crippen LogP contribution in [-0.4, -0.2) is 29.5 Å². The summed E-state index contributed by atoms with van der Waals surface area (Å²) in [6, 6.07) is 24.7. The number of anilines is 2. The van der Waals surface area contributed by atoms with E-state index in [0.29, 0.717) is 36.0 Å². The summed E-state index contributed by atoms with van der Waals surface area (Å²) >= 11 is 0. The number of amides is 1. The number of nitrogens with one attached hydrogen (secondary N) is 1. The lowest BCUT2D eigenvalue weighted by molar-refractivity contribution is -0.116. The molecule has 0 spiro atoms. The molecular formula is C29H25FN4O3. The van der Waals surface area contributed by atoms with Crippen molar-refractivity contribution in [3.8, 4) is 17.1 Å². The maximum Gasteiger partial charge on any atom is 0.226 e. The van der Waals surface area contributed by atoms with Gasteiger partial charge in [-0.05, 0) is 72.8 Å². The topological polar surface area (TPSA) is 80.5 Å². The molecule has 0 aliphatic carbocycles. The Labute approximate surface area is 213 Å². The maximum absolute atomic E-state index is 13.5. The highest BCUT2D eigenvalue weighted by Gasteiger charge is 2.18. The molecule has 0 atom stereocenters. The van der Waals surface area contributed by atoms with Gasteiger partial charge in [0.1, 0.15) is 23.1 Å². The van der Waals surface area contributed by atoms with Crippen molar-refractivity contribution < 1.29 is 18.3 Å². The molecule has 1 amide bonds. The van der Waals surface area contributed by atoms with E-state index >= 15 is 0 Å². The number of ether oxygens (including phenoxy) is 1. The number of rotatable bonds is 9. The molecule has 0 radical (unpaired) electrons. The van der Waals surface area contributed by atoms with Crippen LogP contribution in [0.2, 0.25) is 0 Å². The van der Waals surface area contributed by atoms with Crippen LogP contribution in [0.1, 0.15) is 12.2 Å². The van der Waals surface area contributed by atoms with Gasteiger partial charge >= 0.3 is 0 Å². The fraction of sp³-hybridized carbons (Fsp3) is 0.138. The molecule has 5 aromatic rings. The van der Waals surface area contributed by atoms with Gasteiger partial charge in [-0.1, -0.05) is 12.1 Å². The highest BCUT2D eigenvalue weighted by Crippen LogP contribution is 2.29. The Balaban J connectivity index is 1.45. The van der Waals surface area contributed by atoms with Crippen LogP contribution in [0.15, 0.2) is 95.6 Å². The molecular weight excluding hydrogens is 471 g/mol. The first-order valence-corrected chi connectivity index (χ1v) is 11.8. The summed E-state index contributed by atoms with van der Waals surface area (Å²) in [4.78, 5) is 24.4. The fourth-order valence-electron chi connectivity index (χ4n) is 4.01. The van der Waals surface area contributed by atoms with Gasteiger partial charge in [-0.2, -0.15) is 0 Å². The number of hydrogen-bond donors (Lipinski definition) is 1. The van der Waals surface area contributed by atoms with Crippen LogP contribution < -0.4 is 15.0 Å².